The molecule has 1 amide bonds. The minimum Gasteiger partial charge on any atom is -0.336 e. The molecule has 2 heterocycles. The average molecular weight is 459 g/mol. The van der Waals surface area contributed by atoms with Crippen molar-refractivity contribution in [3.63, 3.8) is 0 Å². The van der Waals surface area contributed by atoms with Gasteiger partial charge in [0.2, 0.25) is 10.0 Å². The smallest absolute Gasteiger partial charge is 0.257 e. The van der Waals surface area contributed by atoms with Crippen LogP contribution in [0.15, 0.2) is 60.8 Å². The van der Waals surface area contributed by atoms with E-state index in [9.17, 15) is 13.2 Å². The van der Waals surface area contributed by atoms with Gasteiger partial charge in [0.05, 0.1) is 28.9 Å². The van der Waals surface area contributed by atoms with Crippen molar-refractivity contribution in [1.82, 2.24) is 19.0 Å². The fourth-order valence-corrected chi connectivity index (χ4v) is 5.40. The molecule has 1 aliphatic heterocycles. The first-order valence-corrected chi connectivity index (χ1v) is 12.0. The predicted molar refractivity (Wildman–Crippen MR) is 120 cm³/mol. The van der Waals surface area contributed by atoms with Crippen molar-refractivity contribution in [3.05, 3.63) is 82.6 Å². The van der Waals surface area contributed by atoms with E-state index >= 15 is 0 Å². The molecule has 31 heavy (non-hydrogen) atoms. The van der Waals surface area contributed by atoms with E-state index in [4.69, 9.17) is 11.6 Å². The lowest BCUT2D eigenvalue weighted by Gasteiger charge is -2.34. The average Bonchev–Trinajstić information content (AvgIpc) is 3.15. The molecule has 0 spiro atoms. The summed E-state index contributed by atoms with van der Waals surface area (Å²) in [5.74, 6) is -0.182. The highest BCUT2D eigenvalue weighted by molar-refractivity contribution is 7.88. The van der Waals surface area contributed by atoms with Crippen molar-refractivity contribution in [1.29, 1.82) is 0 Å². The third kappa shape index (κ3) is 4.66. The molecule has 0 atom stereocenters. The molecule has 9 heteroatoms. The highest BCUT2D eigenvalue weighted by Crippen LogP contribution is 2.20. The van der Waals surface area contributed by atoms with Crippen molar-refractivity contribution in [2.45, 2.75) is 12.7 Å². The molecule has 1 aromatic heterocycles. The molecule has 1 saturated heterocycles. The largest absolute Gasteiger partial charge is 0.336 e. The number of aromatic nitrogens is 2. The van der Waals surface area contributed by atoms with E-state index in [1.54, 1.807) is 40.0 Å². The predicted octanol–water partition coefficient (Wildman–Crippen LogP) is 3.12. The molecule has 0 radical (unpaired) electrons. The van der Waals surface area contributed by atoms with Crippen molar-refractivity contribution in [3.8, 4) is 5.69 Å². The molecule has 162 valence electrons. The van der Waals surface area contributed by atoms with E-state index in [1.807, 2.05) is 37.3 Å². The van der Waals surface area contributed by atoms with Crippen LogP contribution in [0.4, 0.5) is 0 Å². The van der Waals surface area contributed by atoms with Gasteiger partial charge in [-0.05, 0) is 30.7 Å². The van der Waals surface area contributed by atoms with Gasteiger partial charge in [0.1, 0.15) is 0 Å². The van der Waals surface area contributed by atoms with Crippen LogP contribution in [0.1, 0.15) is 21.6 Å². The van der Waals surface area contributed by atoms with Crippen molar-refractivity contribution in [2.24, 2.45) is 0 Å². The fraction of sp³-hybridized carbons (Fsp3) is 0.273. The maximum atomic E-state index is 13.1. The first kappa shape index (κ1) is 21.5. The topological polar surface area (TPSA) is 75.5 Å². The Bertz CT molecular complexity index is 1190. The number of halogens is 1. The number of amides is 1. The fourth-order valence-electron chi connectivity index (χ4n) is 3.70. The van der Waals surface area contributed by atoms with Gasteiger partial charge >= 0.3 is 0 Å². The molecule has 0 N–H and O–H groups in total. The first-order chi connectivity index (χ1) is 14.8. The Hall–Kier alpha value is -2.68. The summed E-state index contributed by atoms with van der Waals surface area (Å²) in [6.45, 7) is 3.08. The minimum atomic E-state index is -3.43. The van der Waals surface area contributed by atoms with Crippen LogP contribution in [-0.4, -0.2) is 59.5 Å². The summed E-state index contributed by atoms with van der Waals surface area (Å²) in [5.41, 5.74) is 2.75. The normalized spacial score (nSPS) is 15.2. The Kier molecular flexibility index (Phi) is 6.13. The second-order valence-corrected chi connectivity index (χ2v) is 9.87. The van der Waals surface area contributed by atoms with Crippen molar-refractivity contribution < 1.29 is 13.2 Å². The van der Waals surface area contributed by atoms with Gasteiger partial charge in [-0.15, -0.1) is 0 Å². The number of hydrogen-bond acceptors (Lipinski definition) is 4. The molecular weight excluding hydrogens is 436 g/mol. The SMILES string of the molecule is Cc1c(C(=O)N2CCN(S(=O)(=O)Cc3ccccc3)CC2)cnn1-c1cccc(Cl)c1. The van der Waals surface area contributed by atoms with Gasteiger partial charge < -0.3 is 4.90 Å². The Morgan fingerprint density at radius 1 is 1.03 bits per heavy atom. The number of hydrogen-bond donors (Lipinski definition) is 0. The van der Waals surface area contributed by atoms with Crippen LogP contribution in [0, 0.1) is 6.92 Å². The molecule has 1 aliphatic rings. The van der Waals surface area contributed by atoms with Gasteiger partial charge in [-0.3, -0.25) is 4.79 Å². The zero-order valence-electron chi connectivity index (χ0n) is 17.1. The van der Waals surface area contributed by atoms with Crippen LogP contribution >= 0.6 is 11.6 Å². The van der Waals surface area contributed by atoms with Crippen LogP contribution in [0.2, 0.25) is 5.02 Å². The number of piperazine rings is 1. The number of nitrogens with zero attached hydrogens (tertiary/aromatic N) is 4. The van der Waals surface area contributed by atoms with Gasteiger partial charge in [0, 0.05) is 31.2 Å². The molecule has 0 saturated carbocycles. The molecule has 0 aliphatic carbocycles. The van der Waals surface area contributed by atoms with E-state index in [0.717, 1.165) is 11.3 Å². The highest BCUT2D eigenvalue weighted by atomic mass is 35.5. The van der Waals surface area contributed by atoms with Gasteiger partial charge in [0.15, 0.2) is 0 Å². The van der Waals surface area contributed by atoms with E-state index in [0.29, 0.717) is 29.4 Å². The number of sulfonamides is 1. The highest BCUT2D eigenvalue weighted by Gasteiger charge is 2.30. The molecule has 0 unspecified atom stereocenters. The number of rotatable bonds is 5. The molecule has 1 fully saturated rings. The van der Waals surface area contributed by atoms with Gasteiger partial charge in [-0.1, -0.05) is 48.0 Å². The van der Waals surface area contributed by atoms with E-state index in [2.05, 4.69) is 5.10 Å². The van der Waals surface area contributed by atoms with Crippen molar-refractivity contribution >= 4 is 27.5 Å². The molecule has 2 aromatic carbocycles. The number of carbonyl (C=O) groups is 1. The second kappa shape index (κ2) is 8.82. The van der Waals surface area contributed by atoms with Crippen LogP contribution in [0.3, 0.4) is 0 Å². The molecule has 7 nitrogen and oxygen atoms in total. The number of carbonyl (C=O) groups excluding carboxylic acids is 1. The van der Waals surface area contributed by atoms with Crippen LogP contribution in [0.25, 0.3) is 5.69 Å². The molecule has 0 bridgehead atoms. The van der Waals surface area contributed by atoms with E-state index in [1.165, 1.54) is 4.31 Å². The van der Waals surface area contributed by atoms with Gasteiger partial charge in [0.25, 0.3) is 5.91 Å². The summed E-state index contributed by atoms with van der Waals surface area (Å²) in [5, 5.41) is 4.94. The third-order valence-corrected chi connectivity index (χ3v) is 7.49. The zero-order chi connectivity index (χ0) is 22.0. The molecular formula is C22H23ClN4O3S. The third-order valence-electron chi connectivity index (χ3n) is 5.40. The van der Waals surface area contributed by atoms with Gasteiger partial charge in [-0.25, -0.2) is 13.1 Å². The minimum absolute atomic E-state index is 0.0344. The zero-order valence-corrected chi connectivity index (χ0v) is 18.7. The maximum Gasteiger partial charge on any atom is 0.257 e. The van der Waals surface area contributed by atoms with Crippen molar-refractivity contribution in [2.75, 3.05) is 26.2 Å². The first-order valence-electron chi connectivity index (χ1n) is 9.97. The summed E-state index contributed by atoms with van der Waals surface area (Å²) in [7, 11) is -3.43. The Morgan fingerprint density at radius 2 is 1.74 bits per heavy atom. The lowest BCUT2D eigenvalue weighted by molar-refractivity contribution is 0.0697. The summed E-state index contributed by atoms with van der Waals surface area (Å²) in [4.78, 5) is 14.7. The maximum absolute atomic E-state index is 13.1. The lowest BCUT2D eigenvalue weighted by atomic mass is 10.2. The van der Waals surface area contributed by atoms with Crippen LogP contribution in [0.5, 0.6) is 0 Å². The van der Waals surface area contributed by atoms with E-state index < -0.39 is 10.0 Å². The Labute approximate surface area is 186 Å². The summed E-state index contributed by atoms with van der Waals surface area (Å²) < 4.78 is 28.6. The van der Waals surface area contributed by atoms with Crippen LogP contribution in [-0.2, 0) is 15.8 Å². The monoisotopic (exact) mass is 458 g/mol. The molecule has 4 rings (SSSR count). The number of benzene rings is 2. The molecule has 3 aromatic rings. The van der Waals surface area contributed by atoms with Gasteiger partial charge in [-0.2, -0.15) is 9.40 Å². The summed E-state index contributed by atoms with van der Waals surface area (Å²) in [6.07, 6.45) is 1.55. The lowest BCUT2D eigenvalue weighted by Crippen LogP contribution is -2.50. The van der Waals surface area contributed by atoms with E-state index in [-0.39, 0.29) is 24.7 Å². The standard InChI is InChI=1S/C22H23ClN4O3S/c1-17-21(15-24-27(17)20-9-5-8-19(23)14-20)22(28)25-10-12-26(13-11-25)31(29,30)16-18-6-3-2-4-7-18/h2-9,14-15H,10-13,16H2,1H3. The Morgan fingerprint density at radius 3 is 2.42 bits per heavy atom. The quantitative estimate of drug-likeness (QED) is 0.588. The van der Waals surface area contributed by atoms with Crippen LogP contribution < -0.4 is 0 Å². The summed E-state index contributed by atoms with van der Waals surface area (Å²) in [6, 6.07) is 16.4. The second-order valence-electron chi connectivity index (χ2n) is 7.47. The Balaban J connectivity index is 1.43. The summed E-state index contributed by atoms with van der Waals surface area (Å²) >= 11 is 6.07.